The second-order valence-corrected chi connectivity index (χ2v) is 6.16. The topological polar surface area (TPSA) is 55.1 Å². The lowest BCUT2D eigenvalue weighted by Crippen LogP contribution is -2.11. The Hall–Kier alpha value is -1.79. The van der Waals surface area contributed by atoms with Gasteiger partial charge >= 0.3 is 0 Å². The van der Waals surface area contributed by atoms with Crippen LogP contribution in [0.2, 0.25) is 0 Å². The fourth-order valence-corrected chi connectivity index (χ4v) is 3.14. The first-order valence-corrected chi connectivity index (χ1v) is 7.79. The van der Waals surface area contributed by atoms with Crippen LogP contribution in [0.1, 0.15) is 18.2 Å². The number of halogens is 1. The Morgan fingerprint density at radius 3 is 2.95 bits per heavy atom. The second-order valence-electron chi connectivity index (χ2n) is 5.25. The lowest BCUT2D eigenvalue weighted by molar-refractivity contribution is 0.668. The maximum atomic E-state index is 4.73. The first kappa shape index (κ1) is 12.9. The number of hydrogen-bond donors (Lipinski definition) is 1. The van der Waals surface area contributed by atoms with Gasteiger partial charge in [0.15, 0.2) is 11.5 Å². The number of hydrogen-bond acceptors (Lipinski definition) is 4. The molecular formula is C15H14BrN5. The van der Waals surface area contributed by atoms with E-state index in [0.29, 0.717) is 5.92 Å². The van der Waals surface area contributed by atoms with E-state index >= 15 is 0 Å². The van der Waals surface area contributed by atoms with Crippen LogP contribution in [-0.4, -0.2) is 32.9 Å². The average Bonchev–Trinajstić information content (AvgIpc) is 3.15. The summed E-state index contributed by atoms with van der Waals surface area (Å²) in [5, 5.41) is 16.7. The number of benzene rings is 1. The van der Waals surface area contributed by atoms with Crippen LogP contribution < -0.4 is 5.32 Å². The van der Waals surface area contributed by atoms with Gasteiger partial charge in [-0.05, 0) is 37.2 Å². The zero-order valence-electron chi connectivity index (χ0n) is 11.3. The molecular weight excluding hydrogens is 330 g/mol. The standard InChI is InChI=1S/C15H14BrN5/c16-12-3-1-2-10(8-12)13-4-5-14-18-19-15(21(14)20-13)11-6-7-17-9-11/h1-5,8,11,17H,6-7,9H2/t11-/m1/s1. The molecule has 1 N–H and O–H groups in total. The minimum atomic E-state index is 0.394. The fraction of sp³-hybridized carbons (Fsp3) is 0.267. The monoisotopic (exact) mass is 343 g/mol. The van der Waals surface area contributed by atoms with Crippen LogP contribution in [0.15, 0.2) is 40.9 Å². The van der Waals surface area contributed by atoms with Crippen LogP contribution in [0, 0.1) is 0 Å². The molecule has 0 saturated carbocycles. The van der Waals surface area contributed by atoms with Gasteiger partial charge in [-0.3, -0.25) is 0 Å². The summed E-state index contributed by atoms with van der Waals surface area (Å²) in [6.07, 6.45) is 1.09. The summed E-state index contributed by atoms with van der Waals surface area (Å²) >= 11 is 3.50. The van der Waals surface area contributed by atoms with E-state index in [9.17, 15) is 0 Å². The third kappa shape index (κ3) is 2.34. The number of fused-ring (bicyclic) bond motifs is 1. The van der Waals surface area contributed by atoms with Crippen molar-refractivity contribution in [3.63, 3.8) is 0 Å². The van der Waals surface area contributed by atoms with Gasteiger partial charge in [0.25, 0.3) is 0 Å². The van der Waals surface area contributed by atoms with Gasteiger partial charge in [-0.25, -0.2) is 0 Å². The fourth-order valence-electron chi connectivity index (χ4n) is 2.74. The van der Waals surface area contributed by atoms with Crippen molar-refractivity contribution >= 4 is 21.6 Å². The van der Waals surface area contributed by atoms with Gasteiger partial charge in [0.2, 0.25) is 0 Å². The van der Waals surface area contributed by atoms with Gasteiger partial charge < -0.3 is 5.32 Å². The Labute approximate surface area is 130 Å². The Bertz CT molecular complexity index is 792. The molecule has 106 valence electrons. The summed E-state index contributed by atoms with van der Waals surface area (Å²) in [6.45, 7) is 1.98. The van der Waals surface area contributed by atoms with E-state index in [-0.39, 0.29) is 0 Å². The zero-order chi connectivity index (χ0) is 14.2. The van der Waals surface area contributed by atoms with Gasteiger partial charge in [0.05, 0.1) is 5.69 Å². The minimum absolute atomic E-state index is 0.394. The van der Waals surface area contributed by atoms with Crippen molar-refractivity contribution in [2.75, 3.05) is 13.1 Å². The van der Waals surface area contributed by atoms with Crippen LogP contribution in [0.5, 0.6) is 0 Å². The van der Waals surface area contributed by atoms with E-state index in [1.807, 2.05) is 28.8 Å². The van der Waals surface area contributed by atoms with Crippen molar-refractivity contribution in [3.8, 4) is 11.3 Å². The van der Waals surface area contributed by atoms with Crippen molar-refractivity contribution in [1.82, 2.24) is 25.1 Å². The van der Waals surface area contributed by atoms with Crippen LogP contribution in [-0.2, 0) is 0 Å². The summed E-state index contributed by atoms with van der Waals surface area (Å²) in [4.78, 5) is 0. The molecule has 6 heteroatoms. The summed E-state index contributed by atoms with van der Waals surface area (Å²) in [5.41, 5.74) is 2.81. The molecule has 0 unspecified atom stereocenters. The minimum Gasteiger partial charge on any atom is -0.316 e. The smallest absolute Gasteiger partial charge is 0.177 e. The van der Waals surface area contributed by atoms with Crippen molar-refractivity contribution in [2.45, 2.75) is 12.3 Å². The first-order chi connectivity index (χ1) is 10.3. The predicted molar refractivity (Wildman–Crippen MR) is 84.1 cm³/mol. The molecule has 1 aliphatic heterocycles. The molecule has 4 rings (SSSR count). The molecule has 0 aliphatic carbocycles. The molecule has 2 aromatic heterocycles. The molecule has 1 saturated heterocycles. The largest absolute Gasteiger partial charge is 0.316 e. The van der Waals surface area contributed by atoms with Gasteiger partial charge in [0, 0.05) is 22.5 Å². The van der Waals surface area contributed by atoms with Gasteiger partial charge in [-0.1, -0.05) is 28.1 Å². The molecule has 0 spiro atoms. The molecule has 3 aromatic rings. The third-order valence-corrected chi connectivity index (χ3v) is 4.33. The number of aromatic nitrogens is 4. The molecule has 1 aliphatic rings. The lowest BCUT2D eigenvalue weighted by Gasteiger charge is -2.07. The lowest BCUT2D eigenvalue weighted by atomic mass is 10.1. The van der Waals surface area contributed by atoms with Gasteiger partial charge in [-0.2, -0.15) is 9.61 Å². The zero-order valence-corrected chi connectivity index (χ0v) is 12.9. The maximum Gasteiger partial charge on any atom is 0.177 e. The molecule has 0 radical (unpaired) electrons. The van der Waals surface area contributed by atoms with Crippen LogP contribution in [0.25, 0.3) is 16.9 Å². The highest BCUT2D eigenvalue weighted by Crippen LogP contribution is 2.24. The SMILES string of the molecule is Brc1cccc(-c2ccc3nnc([C@@H]4CCNC4)n3n2)c1. The highest BCUT2D eigenvalue weighted by molar-refractivity contribution is 9.10. The molecule has 5 nitrogen and oxygen atoms in total. The van der Waals surface area contributed by atoms with Crippen molar-refractivity contribution in [3.05, 3.63) is 46.7 Å². The summed E-state index contributed by atoms with van der Waals surface area (Å²) < 4.78 is 2.93. The molecule has 3 heterocycles. The van der Waals surface area contributed by atoms with E-state index in [4.69, 9.17) is 5.10 Å². The quantitative estimate of drug-likeness (QED) is 0.777. The molecule has 0 amide bonds. The third-order valence-electron chi connectivity index (χ3n) is 3.83. The average molecular weight is 344 g/mol. The van der Waals surface area contributed by atoms with E-state index in [0.717, 1.165) is 46.7 Å². The normalized spacial score (nSPS) is 18.4. The Morgan fingerprint density at radius 2 is 2.14 bits per heavy atom. The highest BCUT2D eigenvalue weighted by atomic mass is 79.9. The Balaban J connectivity index is 1.83. The molecule has 1 atom stereocenters. The highest BCUT2D eigenvalue weighted by Gasteiger charge is 2.22. The second kappa shape index (κ2) is 5.20. The molecule has 1 fully saturated rings. The van der Waals surface area contributed by atoms with E-state index in [2.05, 4.69) is 43.6 Å². The van der Waals surface area contributed by atoms with E-state index in [1.54, 1.807) is 0 Å². The molecule has 21 heavy (non-hydrogen) atoms. The van der Waals surface area contributed by atoms with Crippen LogP contribution in [0.4, 0.5) is 0 Å². The number of nitrogens with one attached hydrogen (secondary N) is 1. The Kier molecular flexibility index (Phi) is 3.20. The van der Waals surface area contributed by atoms with Crippen LogP contribution in [0.3, 0.4) is 0 Å². The number of nitrogens with zero attached hydrogens (tertiary/aromatic N) is 4. The van der Waals surface area contributed by atoms with Gasteiger partial charge in [0.1, 0.15) is 0 Å². The molecule has 0 bridgehead atoms. The maximum absolute atomic E-state index is 4.73. The predicted octanol–water partition coefficient (Wildman–Crippen LogP) is 2.63. The number of rotatable bonds is 2. The summed E-state index contributed by atoms with van der Waals surface area (Å²) in [5.74, 6) is 1.34. The molecule has 1 aromatic carbocycles. The summed E-state index contributed by atoms with van der Waals surface area (Å²) in [7, 11) is 0. The van der Waals surface area contributed by atoms with Crippen LogP contribution >= 0.6 is 15.9 Å². The van der Waals surface area contributed by atoms with E-state index in [1.165, 1.54) is 0 Å². The van der Waals surface area contributed by atoms with Crippen molar-refractivity contribution < 1.29 is 0 Å². The van der Waals surface area contributed by atoms with Crippen molar-refractivity contribution in [1.29, 1.82) is 0 Å². The first-order valence-electron chi connectivity index (χ1n) is 7.00. The Morgan fingerprint density at radius 1 is 1.19 bits per heavy atom. The van der Waals surface area contributed by atoms with Crippen molar-refractivity contribution in [2.24, 2.45) is 0 Å². The summed E-state index contributed by atoms with van der Waals surface area (Å²) in [6, 6.07) is 12.1. The van der Waals surface area contributed by atoms with Gasteiger partial charge in [-0.15, -0.1) is 10.2 Å². The van der Waals surface area contributed by atoms with E-state index < -0.39 is 0 Å².